The summed E-state index contributed by atoms with van der Waals surface area (Å²) in [5.74, 6) is -0.392. The van der Waals surface area contributed by atoms with Crippen LogP contribution < -0.4 is 0 Å². The standard InChI is InChI=1S/C10H4ClFN2/c11-10-3-6(5-13)8-2-1-7(12)4-9(8)14-10/h1-4H. The van der Waals surface area contributed by atoms with Crippen molar-refractivity contribution in [3.8, 4) is 6.07 Å². The molecule has 2 rings (SSSR count). The Bertz CT molecular complexity index is 540. The highest BCUT2D eigenvalue weighted by Crippen LogP contribution is 2.20. The molecule has 0 fully saturated rings. The Labute approximate surface area is 84.6 Å². The molecule has 2 nitrogen and oxygen atoms in total. The highest BCUT2D eigenvalue weighted by atomic mass is 35.5. The maximum absolute atomic E-state index is 12.8. The van der Waals surface area contributed by atoms with Crippen LogP contribution in [-0.4, -0.2) is 4.98 Å². The lowest BCUT2D eigenvalue weighted by molar-refractivity contribution is 0.629. The second kappa shape index (κ2) is 3.24. The normalized spacial score (nSPS) is 10.1. The third-order valence-corrected chi connectivity index (χ3v) is 2.05. The Hall–Kier alpha value is -1.66. The predicted molar refractivity (Wildman–Crippen MR) is 51.4 cm³/mol. The summed E-state index contributed by atoms with van der Waals surface area (Å²) in [6.45, 7) is 0. The maximum Gasteiger partial charge on any atom is 0.131 e. The van der Waals surface area contributed by atoms with Crippen LogP contribution in [0.25, 0.3) is 10.9 Å². The molecule has 0 aliphatic heterocycles. The molecule has 0 aliphatic rings. The van der Waals surface area contributed by atoms with Crippen molar-refractivity contribution in [2.45, 2.75) is 0 Å². The van der Waals surface area contributed by atoms with E-state index in [-0.39, 0.29) is 5.15 Å². The number of fused-ring (bicyclic) bond motifs is 1. The van der Waals surface area contributed by atoms with Crippen LogP contribution in [0.1, 0.15) is 5.56 Å². The smallest absolute Gasteiger partial charge is 0.131 e. The van der Waals surface area contributed by atoms with E-state index in [1.807, 2.05) is 6.07 Å². The number of nitriles is 1. The molecule has 0 radical (unpaired) electrons. The van der Waals surface area contributed by atoms with E-state index in [2.05, 4.69) is 4.98 Å². The van der Waals surface area contributed by atoms with Gasteiger partial charge < -0.3 is 0 Å². The van der Waals surface area contributed by atoms with Crippen molar-refractivity contribution in [1.29, 1.82) is 5.26 Å². The number of aromatic nitrogens is 1. The van der Waals surface area contributed by atoms with Gasteiger partial charge >= 0.3 is 0 Å². The number of halogens is 2. The van der Waals surface area contributed by atoms with Gasteiger partial charge in [-0.3, -0.25) is 0 Å². The zero-order valence-corrected chi connectivity index (χ0v) is 7.72. The van der Waals surface area contributed by atoms with Gasteiger partial charge in [0.05, 0.1) is 17.1 Å². The first kappa shape index (κ1) is 8.92. The van der Waals surface area contributed by atoms with E-state index >= 15 is 0 Å². The first-order valence-electron chi connectivity index (χ1n) is 3.86. The minimum atomic E-state index is -0.392. The molecule has 0 aliphatic carbocycles. The molecule has 0 saturated heterocycles. The van der Waals surface area contributed by atoms with Crippen molar-refractivity contribution in [2.24, 2.45) is 0 Å². The quantitative estimate of drug-likeness (QED) is 0.622. The van der Waals surface area contributed by atoms with Crippen molar-refractivity contribution in [2.75, 3.05) is 0 Å². The van der Waals surface area contributed by atoms with Crippen LogP contribution in [-0.2, 0) is 0 Å². The third kappa shape index (κ3) is 1.40. The lowest BCUT2D eigenvalue weighted by Crippen LogP contribution is -1.86. The molecule has 0 unspecified atom stereocenters. The van der Waals surface area contributed by atoms with Crippen LogP contribution in [0, 0.1) is 17.1 Å². The molecule has 0 bridgehead atoms. The summed E-state index contributed by atoms with van der Waals surface area (Å²) in [5, 5.41) is 9.60. The van der Waals surface area contributed by atoms with Gasteiger partial charge in [-0.15, -0.1) is 0 Å². The van der Waals surface area contributed by atoms with E-state index in [1.165, 1.54) is 24.3 Å². The average molecular weight is 207 g/mol. The summed E-state index contributed by atoms with van der Waals surface area (Å²) in [4.78, 5) is 3.92. The Morgan fingerprint density at radius 2 is 2.14 bits per heavy atom. The molecule has 0 spiro atoms. The summed E-state index contributed by atoms with van der Waals surface area (Å²) in [5.41, 5.74) is 0.800. The molecule has 1 aromatic carbocycles. The minimum absolute atomic E-state index is 0.194. The summed E-state index contributed by atoms with van der Waals surface area (Å²) in [6.07, 6.45) is 0. The van der Waals surface area contributed by atoms with Crippen LogP contribution >= 0.6 is 11.6 Å². The fourth-order valence-electron chi connectivity index (χ4n) is 1.26. The van der Waals surface area contributed by atoms with E-state index in [0.717, 1.165) is 0 Å². The van der Waals surface area contributed by atoms with Gasteiger partial charge in [0.1, 0.15) is 11.0 Å². The number of benzene rings is 1. The first-order chi connectivity index (χ1) is 6.70. The van der Waals surface area contributed by atoms with Gasteiger partial charge in [-0.2, -0.15) is 5.26 Å². The number of nitrogens with zero attached hydrogens (tertiary/aromatic N) is 2. The molecular formula is C10H4ClFN2. The molecule has 1 heterocycles. The second-order valence-electron chi connectivity index (χ2n) is 2.77. The highest BCUT2D eigenvalue weighted by molar-refractivity contribution is 6.30. The largest absolute Gasteiger partial charge is 0.236 e. The number of hydrogen-bond donors (Lipinski definition) is 0. The molecule has 1 aromatic heterocycles. The van der Waals surface area contributed by atoms with Gasteiger partial charge in [-0.05, 0) is 18.2 Å². The fourth-order valence-corrected chi connectivity index (χ4v) is 1.46. The zero-order valence-electron chi connectivity index (χ0n) is 6.96. The Morgan fingerprint density at radius 1 is 1.36 bits per heavy atom. The predicted octanol–water partition coefficient (Wildman–Crippen LogP) is 2.90. The van der Waals surface area contributed by atoms with Crippen LogP contribution in [0.2, 0.25) is 5.15 Å². The summed E-state index contributed by atoms with van der Waals surface area (Å²) >= 11 is 5.67. The summed E-state index contributed by atoms with van der Waals surface area (Å²) < 4.78 is 12.8. The monoisotopic (exact) mass is 206 g/mol. The van der Waals surface area contributed by atoms with Gasteiger partial charge in [0.25, 0.3) is 0 Å². The van der Waals surface area contributed by atoms with E-state index < -0.39 is 5.82 Å². The van der Waals surface area contributed by atoms with Crippen molar-refractivity contribution in [1.82, 2.24) is 4.98 Å². The van der Waals surface area contributed by atoms with Crippen LogP contribution in [0.4, 0.5) is 4.39 Å². The molecule has 0 atom stereocenters. The Morgan fingerprint density at radius 3 is 2.86 bits per heavy atom. The van der Waals surface area contributed by atoms with E-state index in [9.17, 15) is 4.39 Å². The van der Waals surface area contributed by atoms with Crippen LogP contribution in [0.15, 0.2) is 24.3 Å². The maximum atomic E-state index is 12.8. The van der Waals surface area contributed by atoms with E-state index in [4.69, 9.17) is 16.9 Å². The molecule has 68 valence electrons. The zero-order chi connectivity index (χ0) is 10.1. The third-order valence-electron chi connectivity index (χ3n) is 1.86. The molecule has 0 N–H and O–H groups in total. The summed E-state index contributed by atoms with van der Waals surface area (Å²) in [6, 6.07) is 7.51. The Kier molecular flexibility index (Phi) is 2.06. The van der Waals surface area contributed by atoms with E-state index in [0.29, 0.717) is 16.5 Å². The molecule has 0 saturated carbocycles. The lowest BCUT2D eigenvalue weighted by atomic mass is 10.1. The minimum Gasteiger partial charge on any atom is -0.236 e. The number of rotatable bonds is 0. The molecule has 4 heteroatoms. The Balaban J connectivity index is 2.89. The highest BCUT2D eigenvalue weighted by Gasteiger charge is 2.04. The van der Waals surface area contributed by atoms with Crippen molar-refractivity contribution < 1.29 is 4.39 Å². The van der Waals surface area contributed by atoms with Gasteiger partial charge in [0.15, 0.2) is 0 Å². The van der Waals surface area contributed by atoms with Gasteiger partial charge in [-0.25, -0.2) is 9.37 Å². The fraction of sp³-hybridized carbons (Fsp3) is 0. The molecular weight excluding hydrogens is 203 g/mol. The van der Waals surface area contributed by atoms with Crippen LogP contribution in [0.5, 0.6) is 0 Å². The lowest BCUT2D eigenvalue weighted by Gasteiger charge is -1.99. The van der Waals surface area contributed by atoms with Gasteiger partial charge in [0.2, 0.25) is 0 Å². The number of pyridine rings is 1. The van der Waals surface area contributed by atoms with Gasteiger partial charge in [-0.1, -0.05) is 11.6 Å². The first-order valence-corrected chi connectivity index (χ1v) is 4.24. The second-order valence-corrected chi connectivity index (χ2v) is 3.15. The van der Waals surface area contributed by atoms with Crippen molar-refractivity contribution in [3.05, 3.63) is 40.8 Å². The van der Waals surface area contributed by atoms with Crippen molar-refractivity contribution in [3.63, 3.8) is 0 Å². The molecule has 0 amide bonds. The summed E-state index contributed by atoms with van der Waals surface area (Å²) in [7, 11) is 0. The molecule has 14 heavy (non-hydrogen) atoms. The number of hydrogen-bond acceptors (Lipinski definition) is 2. The average Bonchev–Trinajstić information content (AvgIpc) is 2.15. The molecule has 2 aromatic rings. The van der Waals surface area contributed by atoms with Gasteiger partial charge in [0, 0.05) is 11.5 Å². The van der Waals surface area contributed by atoms with Crippen molar-refractivity contribution >= 4 is 22.5 Å². The SMILES string of the molecule is N#Cc1cc(Cl)nc2cc(F)ccc12. The van der Waals surface area contributed by atoms with Crippen LogP contribution in [0.3, 0.4) is 0 Å². The topological polar surface area (TPSA) is 36.7 Å². The van der Waals surface area contributed by atoms with E-state index in [1.54, 1.807) is 0 Å².